The largest absolute Gasteiger partial charge is 0.361 e. The average molecular weight is 111 g/mol. The summed E-state index contributed by atoms with van der Waals surface area (Å²) in [6.07, 6.45) is 0. The first-order valence-electron chi connectivity index (χ1n) is 1.24. The molecule has 0 saturated heterocycles. The van der Waals surface area contributed by atoms with Crippen LogP contribution in [0, 0.1) is 0 Å². The summed E-state index contributed by atoms with van der Waals surface area (Å²) >= 11 is 0. The molecule has 0 aromatic rings. The van der Waals surface area contributed by atoms with Crippen LogP contribution in [-0.4, -0.2) is 41.4 Å². The second kappa shape index (κ2) is 4.11. The molecule has 0 atom stereocenters. The molecule has 0 spiro atoms. The van der Waals surface area contributed by atoms with Crippen LogP contribution >= 0.6 is 0 Å². The van der Waals surface area contributed by atoms with Gasteiger partial charge in [-0.15, -0.1) is 0 Å². The second-order valence-corrected chi connectivity index (χ2v) is 0.729. The van der Waals surface area contributed by atoms with Gasteiger partial charge in [0.05, 0.1) is 0 Å². The van der Waals surface area contributed by atoms with Gasteiger partial charge in [-0.3, -0.25) is 9.59 Å². The number of hydrogen-bond donors (Lipinski definition) is 2. The Kier molecular flexibility index (Phi) is 5.89. The van der Waals surface area contributed by atoms with Crippen molar-refractivity contribution >= 4 is 41.4 Å². The topological polar surface area (TPSA) is 86.2 Å². The normalized spacial score (nSPS) is 6.29. The number of rotatable bonds is 0. The van der Waals surface area contributed by atoms with Crippen LogP contribution in [0.5, 0.6) is 0 Å². The summed E-state index contributed by atoms with van der Waals surface area (Å²) in [7, 11) is 0. The van der Waals surface area contributed by atoms with Gasteiger partial charge in [0.1, 0.15) is 0 Å². The number of carbonyl (C=O) groups excluding carboxylic acids is 2. The Labute approximate surface area is 62.5 Å². The van der Waals surface area contributed by atoms with Gasteiger partial charge in [-0.05, 0) is 0 Å². The Morgan fingerprint density at radius 2 is 1.14 bits per heavy atom. The van der Waals surface area contributed by atoms with E-state index in [0.717, 1.165) is 0 Å². The van der Waals surface area contributed by atoms with Crippen molar-refractivity contribution in [2.45, 2.75) is 0 Å². The Morgan fingerprint density at radius 3 is 1.14 bits per heavy atom. The van der Waals surface area contributed by atoms with Crippen molar-refractivity contribution in [3.63, 3.8) is 0 Å². The first-order chi connectivity index (χ1) is 2.64. The summed E-state index contributed by atoms with van der Waals surface area (Å²) in [4.78, 5) is 18.9. The molecular formula is C2H4N2NaO2. The standard InChI is InChI=1S/C2H4N2O2.Na/c3-1(5)2(4)6;/h(H2,3,5)(H2,4,6);. The number of carbonyl (C=O) groups is 2. The van der Waals surface area contributed by atoms with Crippen molar-refractivity contribution in [2.24, 2.45) is 11.5 Å². The quantitative estimate of drug-likeness (QED) is 0.269. The maximum absolute atomic E-state index is 9.45. The van der Waals surface area contributed by atoms with Gasteiger partial charge < -0.3 is 11.5 Å². The average Bonchev–Trinajstić information content (AvgIpc) is 1.36. The van der Waals surface area contributed by atoms with Gasteiger partial charge in [0, 0.05) is 29.6 Å². The maximum atomic E-state index is 9.45. The molecule has 4 N–H and O–H groups in total. The fourth-order valence-electron chi connectivity index (χ4n) is 0. The molecule has 0 aliphatic heterocycles. The molecule has 0 heterocycles. The predicted molar refractivity (Wildman–Crippen MR) is 24.1 cm³/mol. The molecule has 0 aromatic heterocycles. The van der Waals surface area contributed by atoms with Crippen molar-refractivity contribution in [1.82, 2.24) is 0 Å². The van der Waals surface area contributed by atoms with Crippen molar-refractivity contribution in [1.29, 1.82) is 0 Å². The predicted octanol–water partition coefficient (Wildman–Crippen LogP) is -2.42. The van der Waals surface area contributed by atoms with E-state index < -0.39 is 11.8 Å². The molecule has 35 valence electrons. The van der Waals surface area contributed by atoms with Crippen LogP contribution < -0.4 is 11.5 Å². The molecule has 1 radical (unpaired) electrons. The first-order valence-corrected chi connectivity index (χ1v) is 1.24. The third-order valence-electron chi connectivity index (χ3n) is 0.243. The van der Waals surface area contributed by atoms with E-state index in [1.165, 1.54) is 0 Å². The third-order valence-corrected chi connectivity index (χ3v) is 0.243. The smallest absolute Gasteiger partial charge is 0.306 e. The van der Waals surface area contributed by atoms with Crippen molar-refractivity contribution in [2.75, 3.05) is 0 Å². The molecule has 7 heavy (non-hydrogen) atoms. The van der Waals surface area contributed by atoms with E-state index in [9.17, 15) is 9.59 Å². The SMILES string of the molecule is NC(=O)C(N)=O.[Na]. The summed E-state index contributed by atoms with van der Waals surface area (Å²) in [5.41, 5.74) is 8.64. The molecule has 0 aliphatic carbocycles. The van der Waals surface area contributed by atoms with Crippen LogP contribution in [0.3, 0.4) is 0 Å². The molecule has 0 rings (SSSR count). The third kappa shape index (κ3) is 5.94. The zero-order valence-electron chi connectivity index (χ0n) is 3.97. The second-order valence-electron chi connectivity index (χ2n) is 0.729. The van der Waals surface area contributed by atoms with E-state index in [2.05, 4.69) is 11.5 Å². The summed E-state index contributed by atoms with van der Waals surface area (Å²) in [5.74, 6) is -2.20. The van der Waals surface area contributed by atoms with Crippen molar-refractivity contribution in [3.8, 4) is 0 Å². The van der Waals surface area contributed by atoms with Gasteiger partial charge in [-0.1, -0.05) is 0 Å². The van der Waals surface area contributed by atoms with E-state index in [1.807, 2.05) is 0 Å². The molecule has 0 aliphatic rings. The minimum absolute atomic E-state index is 0. The molecule has 0 aromatic carbocycles. The van der Waals surface area contributed by atoms with E-state index >= 15 is 0 Å². The van der Waals surface area contributed by atoms with Crippen LogP contribution in [0.1, 0.15) is 0 Å². The van der Waals surface area contributed by atoms with Crippen molar-refractivity contribution < 1.29 is 9.59 Å². The van der Waals surface area contributed by atoms with E-state index in [1.54, 1.807) is 0 Å². The number of nitrogens with two attached hydrogens (primary N) is 2. The monoisotopic (exact) mass is 111 g/mol. The fraction of sp³-hybridized carbons (Fsp3) is 0. The van der Waals surface area contributed by atoms with Crippen LogP contribution in [-0.2, 0) is 9.59 Å². The summed E-state index contributed by atoms with van der Waals surface area (Å²) in [6, 6.07) is 0. The van der Waals surface area contributed by atoms with Crippen molar-refractivity contribution in [3.05, 3.63) is 0 Å². The molecular weight excluding hydrogens is 107 g/mol. The molecule has 0 unspecified atom stereocenters. The minimum atomic E-state index is -1.10. The number of primary amides is 2. The molecule has 0 saturated carbocycles. The van der Waals surface area contributed by atoms with Gasteiger partial charge in [-0.25, -0.2) is 0 Å². The van der Waals surface area contributed by atoms with Gasteiger partial charge in [0.15, 0.2) is 0 Å². The van der Waals surface area contributed by atoms with E-state index in [0.29, 0.717) is 0 Å². The van der Waals surface area contributed by atoms with Gasteiger partial charge in [-0.2, -0.15) is 0 Å². The first kappa shape index (κ1) is 10.0. The molecule has 4 nitrogen and oxygen atoms in total. The van der Waals surface area contributed by atoms with Gasteiger partial charge in [0.25, 0.3) is 0 Å². The number of amides is 2. The molecule has 5 heteroatoms. The van der Waals surface area contributed by atoms with E-state index in [-0.39, 0.29) is 29.6 Å². The van der Waals surface area contributed by atoms with Crippen LogP contribution in [0.2, 0.25) is 0 Å². The minimum Gasteiger partial charge on any atom is -0.361 e. The maximum Gasteiger partial charge on any atom is 0.306 e. The van der Waals surface area contributed by atoms with Gasteiger partial charge in [0.2, 0.25) is 0 Å². The number of hydrogen-bond acceptors (Lipinski definition) is 2. The summed E-state index contributed by atoms with van der Waals surface area (Å²) in [5, 5.41) is 0. The molecule has 0 bridgehead atoms. The fourth-order valence-corrected chi connectivity index (χ4v) is 0. The zero-order chi connectivity index (χ0) is 5.15. The summed E-state index contributed by atoms with van der Waals surface area (Å²) in [6.45, 7) is 0. The Balaban J connectivity index is 0. The van der Waals surface area contributed by atoms with Crippen LogP contribution in [0.25, 0.3) is 0 Å². The zero-order valence-corrected chi connectivity index (χ0v) is 5.97. The van der Waals surface area contributed by atoms with E-state index in [4.69, 9.17) is 0 Å². The Morgan fingerprint density at radius 1 is 1.00 bits per heavy atom. The Bertz CT molecular complexity index is 79.7. The summed E-state index contributed by atoms with van der Waals surface area (Å²) < 4.78 is 0. The van der Waals surface area contributed by atoms with Crippen LogP contribution in [0.4, 0.5) is 0 Å². The van der Waals surface area contributed by atoms with Gasteiger partial charge >= 0.3 is 11.8 Å². The molecule has 0 fully saturated rings. The Hall–Kier alpha value is -0.0600. The van der Waals surface area contributed by atoms with Crippen LogP contribution in [0.15, 0.2) is 0 Å². The molecule has 2 amide bonds.